The van der Waals surface area contributed by atoms with E-state index < -0.39 is 0 Å². The lowest BCUT2D eigenvalue weighted by Gasteiger charge is -2.35. The molecular formula is C16H26N2O2. The number of nitrogens with two attached hydrogens (primary N) is 1. The summed E-state index contributed by atoms with van der Waals surface area (Å²) in [6, 6.07) is 4.42. The Hall–Kier alpha value is -1.26. The summed E-state index contributed by atoms with van der Waals surface area (Å²) in [5.41, 5.74) is 8.64. The number of benzene rings is 1. The van der Waals surface area contributed by atoms with Crippen LogP contribution in [0.5, 0.6) is 11.5 Å². The highest BCUT2D eigenvalue weighted by Gasteiger charge is 2.22. The minimum absolute atomic E-state index is 0.291. The highest BCUT2D eigenvalue weighted by molar-refractivity contribution is 5.47. The molecule has 2 rings (SSSR count). The molecule has 4 heteroatoms. The minimum Gasteiger partial charge on any atom is -0.493 e. The second-order valence-corrected chi connectivity index (χ2v) is 5.93. The third-order valence-corrected chi connectivity index (χ3v) is 4.00. The maximum absolute atomic E-state index is 6.12. The van der Waals surface area contributed by atoms with Crippen LogP contribution >= 0.6 is 0 Å². The molecule has 2 unspecified atom stereocenters. The van der Waals surface area contributed by atoms with Gasteiger partial charge in [0, 0.05) is 25.7 Å². The monoisotopic (exact) mass is 278 g/mol. The molecule has 0 radical (unpaired) electrons. The molecule has 0 amide bonds. The third kappa shape index (κ3) is 3.44. The van der Waals surface area contributed by atoms with E-state index >= 15 is 0 Å². The SMILES string of the molecule is COc1cc(C)c(CN2CC(C)CC(N)C2)cc1OC. The van der Waals surface area contributed by atoms with E-state index in [2.05, 4.69) is 24.8 Å². The van der Waals surface area contributed by atoms with Crippen molar-refractivity contribution in [3.8, 4) is 11.5 Å². The Morgan fingerprint density at radius 3 is 2.45 bits per heavy atom. The molecule has 2 atom stereocenters. The average Bonchev–Trinajstić information content (AvgIpc) is 2.39. The first-order valence-electron chi connectivity index (χ1n) is 7.23. The molecule has 0 aromatic heterocycles. The Labute approximate surface area is 121 Å². The van der Waals surface area contributed by atoms with Crippen LogP contribution in [-0.4, -0.2) is 38.3 Å². The van der Waals surface area contributed by atoms with Crippen LogP contribution in [0.1, 0.15) is 24.5 Å². The fourth-order valence-corrected chi connectivity index (χ4v) is 3.08. The molecule has 0 bridgehead atoms. The molecule has 112 valence electrons. The normalized spacial score (nSPS) is 23.6. The molecular weight excluding hydrogens is 252 g/mol. The van der Waals surface area contributed by atoms with Gasteiger partial charge in [0.25, 0.3) is 0 Å². The summed E-state index contributed by atoms with van der Waals surface area (Å²) in [7, 11) is 3.35. The van der Waals surface area contributed by atoms with Gasteiger partial charge in [0.1, 0.15) is 0 Å². The maximum atomic E-state index is 6.12. The second-order valence-electron chi connectivity index (χ2n) is 5.93. The molecule has 1 aromatic rings. The summed E-state index contributed by atoms with van der Waals surface area (Å²) in [6.07, 6.45) is 1.13. The molecule has 1 aromatic carbocycles. The quantitative estimate of drug-likeness (QED) is 0.917. The Balaban J connectivity index is 2.16. The standard InChI is InChI=1S/C16H26N2O2/c1-11-5-14(17)10-18(8-11)9-13-7-16(20-4)15(19-3)6-12(13)2/h6-7,11,14H,5,8-10,17H2,1-4H3. The van der Waals surface area contributed by atoms with Gasteiger partial charge in [0.15, 0.2) is 11.5 Å². The molecule has 0 aliphatic carbocycles. The Morgan fingerprint density at radius 1 is 1.20 bits per heavy atom. The fraction of sp³-hybridized carbons (Fsp3) is 0.625. The lowest BCUT2D eigenvalue weighted by Crippen LogP contribution is -2.45. The van der Waals surface area contributed by atoms with Gasteiger partial charge in [0.05, 0.1) is 14.2 Å². The number of methoxy groups -OCH3 is 2. The molecule has 0 saturated carbocycles. The highest BCUT2D eigenvalue weighted by atomic mass is 16.5. The van der Waals surface area contributed by atoms with E-state index in [0.717, 1.165) is 37.6 Å². The predicted molar refractivity (Wildman–Crippen MR) is 81.3 cm³/mol. The fourth-order valence-electron chi connectivity index (χ4n) is 3.08. The Morgan fingerprint density at radius 2 is 1.85 bits per heavy atom. The summed E-state index contributed by atoms with van der Waals surface area (Å²) in [5.74, 6) is 2.25. The summed E-state index contributed by atoms with van der Waals surface area (Å²) >= 11 is 0. The molecule has 2 N–H and O–H groups in total. The topological polar surface area (TPSA) is 47.7 Å². The van der Waals surface area contributed by atoms with Gasteiger partial charge in [-0.3, -0.25) is 4.90 Å². The number of aryl methyl sites for hydroxylation is 1. The number of hydrogen-bond acceptors (Lipinski definition) is 4. The van der Waals surface area contributed by atoms with Gasteiger partial charge in [-0.1, -0.05) is 6.92 Å². The van der Waals surface area contributed by atoms with Gasteiger partial charge in [-0.05, 0) is 42.5 Å². The highest BCUT2D eigenvalue weighted by Crippen LogP contribution is 2.31. The van der Waals surface area contributed by atoms with E-state index in [-0.39, 0.29) is 0 Å². The average molecular weight is 278 g/mol. The van der Waals surface area contributed by atoms with Crippen LogP contribution in [0.2, 0.25) is 0 Å². The van der Waals surface area contributed by atoms with Crippen molar-refractivity contribution in [1.82, 2.24) is 4.90 Å². The van der Waals surface area contributed by atoms with Crippen molar-refractivity contribution in [3.05, 3.63) is 23.3 Å². The van der Waals surface area contributed by atoms with Crippen molar-refractivity contribution in [2.24, 2.45) is 11.7 Å². The predicted octanol–water partition coefficient (Wildman–Crippen LogP) is 2.18. The van der Waals surface area contributed by atoms with Crippen molar-refractivity contribution in [1.29, 1.82) is 0 Å². The third-order valence-electron chi connectivity index (χ3n) is 4.00. The van der Waals surface area contributed by atoms with E-state index in [0.29, 0.717) is 12.0 Å². The molecule has 1 saturated heterocycles. The lowest BCUT2D eigenvalue weighted by atomic mass is 9.95. The van der Waals surface area contributed by atoms with Crippen LogP contribution in [-0.2, 0) is 6.54 Å². The lowest BCUT2D eigenvalue weighted by molar-refractivity contribution is 0.158. The zero-order valence-electron chi connectivity index (χ0n) is 13.0. The van der Waals surface area contributed by atoms with E-state index in [4.69, 9.17) is 15.2 Å². The molecule has 0 spiro atoms. The number of hydrogen-bond donors (Lipinski definition) is 1. The molecule has 1 aliphatic heterocycles. The van der Waals surface area contributed by atoms with Crippen LogP contribution in [0.4, 0.5) is 0 Å². The van der Waals surface area contributed by atoms with Crippen LogP contribution in [0.25, 0.3) is 0 Å². The maximum Gasteiger partial charge on any atom is 0.161 e. The smallest absolute Gasteiger partial charge is 0.161 e. The first-order valence-corrected chi connectivity index (χ1v) is 7.23. The van der Waals surface area contributed by atoms with E-state index in [9.17, 15) is 0 Å². The molecule has 1 fully saturated rings. The Kier molecular flexibility index (Phi) is 4.89. The van der Waals surface area contributed by atoms with Gasteiger partial charge >= 0.3 is 0 Å². The number of piperidine rings is 1. The van der Waals surface area contributed by atoms with Crippen molar-refractivity contribution >= 4 is 0 Å². The molecule has 20 heavy (non-hydrogen) atoms. The van der Waals surface area contributed by atoms with E-state index in [1.807, 2.05) is 6.07 Å². The zero-order chi connectivity index (χ0) is 14.7. The van der Waals surface area contributed by atoms with Gasteiger partial charge in [-0.25, -0.2) is 0 Å². The number of ether oxygens (including phenoxy) is 2. The summed E-state index contributed by atoms with van der Waals surface area (Å²) in [5, 5.41) is 0. The van der Waals surface area contributed by atoms with Crippen LogP contribution in [0.15, 0.2) is 12.1 Å². The van der Waals surface area contributed by atoms with Crippen molar-refractivity contribution < 1.29 is 9.47 Å². The van der Waals surface area contributed by atoms with Gasteiger partial charge < -0.3 is 15.2 Å². The van der Waals surface area contributed by atoms with Crippen LogP contribution in [0.3, 0.4) is 0 Å². The summed E-state index contributed by atoms with van der Waals surface area (Å²) in [6.45, 7) is 7.39. The Bertz CT molecular complexity index is 452. The van der Waals surface area contributed by atoms with Crippen molar-refractivity contribution in [2.45, 2.75) is 32.9 Å². The molecule has 4 nitrogen and oxygen atoms in total. The first kappa shape index (κ1) is 15.1. The number of likely N-dealkylation sites (tertiary alicyclic amines) is 1. The first-order chi connectivity index (χ1) is 9.53. The minimum atomic E-state index is 0.291. The van der Waals surface area contributed by atoms with Gasteiger partial charge in [0.2, 0.25) is 0 Å². The van der Waals surface area contributed by atoms with Crippen LogP contribution in [0, 0.1) is 12.8 Å². The second kappa shape index (κ2) is 6.46. The largest absolute Gasteiger partial charge is 0.493 e. The van der Waals surface area contributed by atoms with Gasteiger partial charge in [-0.15, -0.1) is 0 Å². The zero-order valence-corrected chi connectivity index (χ0v) is 13.0. The number of nitrogens with zero attached hydrogens (tertiary/aromatic N) is 1. The van der Waals surface area contributed by atoms with E-state index in [1.165, 1.54) is 11.1 Å². The van der Waals surface area contributed by atoms with E-state index in [1.54, 1.807) is 14.2 Å². The molecule has 1 aliphatic rings. The summed E-state index contributed by atoms with van der Waals surface area (Å²) < 4.78 is 10.7. The van der Waals surface area contributed by atoms with Crippen molar-refractivity contribution in [3.63, 3.8) is 0 Å². The molecule has 1 heterocycles. The van der Waals surface area contributed by atoms with Crippen molar-refractivity contribution in [2.75, 3.05) is 27.3 Å². The summed E-state index contributed by atoms with van der Waals surface area (Å²) in [4.78, 5) is 2.44. The number of rotatable bonds is 4. The van der Waals surface area contributed by atoms with Crippen LogP contribution < -0.4 is 15.2 Å². The van der Waals surface area contributed by atoms with Gasteiger partial charge in [-0.2, -0.15) is 0 Å².